The second-order valence-electron chi connectivity index (χ2n) is 3.02. The second kappa shape index (κ2) is 6.69. The molecular weight excluding hydrogens is 229 g/mol. The Hall–Kier alpha value is -0.155. The van der Waals surface area contributed by atoms with E-state index in [0.717, 1.165) is 5.39 Å². The van der Waals surface area contributed by atoms with Crippen molar-refractivity contribution in [1.82, 2.24) is 0 Å². The first kappa shape index (κ1) is 16.8. The normalized spacial score (nSPS) is 10.2. The van der Waals surface area contributed by atoms with E-state index in [1.165, 1.54) is 6.07 Å². The molecule has 7 heteroatoms. The standard InChI is InChI=1S/C10H9O4P.2Li/c11-15(12,13)14-10-7-3-5-8-4-1-2-6-9(8)10;;/h1-7H,(H2,11,12,13);;/q;2*+1/p-2. The van der Waals surface area contributed by atoms with Gasteiger partial charge in [-0.25, -0.2) is 0 Å². The van der Waals surface area contributed by atoms with Gasteiger partial charge < -0.3 is 18.9 Å². The van der Waals surface area contributed by atoms with Crippen LogP contribution in [0.4, 0.5) is 0 Å². The van der Waals surface area contributed by atoms with Gasteiger partial charge in [-0.05, 0) is 11.5 Å². The zero-order chi connectivity index (χ0) is 10.9. The van der Waals surface area contributed by atoms with Gasteiger partial charge in [0.15, 0.2) is 0 Å². The van der Waals surface area contributed by atoms with E-state index < -0.39 is 7.82 Å². The molecule has 0 spiro atoms. The fraction of sp³-hybridized carbons (Fsp3) is 0. The van der Waals surface area contributed by atoms with E-state index >= 15 is 0 Å². The first-order chi connectivity index (χ1) is 7.06. The molecule has 78 valence electrons. The van der Waals surface area contributed by atoms with Gasteiger partial charge >= 0.3 is 37.7 Å². The molecule has 0 N–H and O–H groups in total. The maximum absolute atomic E-state index is 10.5. The SMILES string of the molecule is O=P([O-])([O-])Oc1cccc2ccccc12.[Li+].[Li+]. The fourth-order valence-corrected chi connectivity index (χ4v) is 1.80. The number of phosphoric ester groups is 1. The zero-order valence-corrected chi connectivity index (χ0v) is 10.5. The van der Waals surface area contributed by atoms with Gasteiger partial charge in [0.2, 0.25) is 0 Å². The number of fused-ring (bicyclic) bond motifs is 1. The predicted octanol–water partition coefficient (Wildman–Crippen LogP) is -4.94. The molecule has 0 heterocycles. The minimum atomic E-state index is -4.99. The number of hydrogen-bond donors (Lipinski definition) is 0. The Bertz CT molecular complexity index is 535. The molecule has 4 nitrogen and oxygen atoms in total. The Kier molecular flexibility index (Phi) is 6.63. The molecule has 0 saturated carbocycles. The van der Waals surface area contributed by atoms with Crippen LogP contribution in [0.3, 0.4) is 0 Å². The van der Waals surface area contributed by atoms with E-state index in [-0.39, 0.29) is 43.5 Å². The van der Waals surface area contributed by atoms with Crippen LogP contribution >= 0.6 is 7.82 Å². The van der Waals surface area contributed by atoms with Crippen LogP contribution in [0.1, 0.15) is 0 Å². The summed E-state index contributed by atoms with van der Waals surface area (Å²) in [5.41, 5.74) is 0. The van der Waals surface area contributed by atoms with E-state index in [0.29, 0.717) is 5.39 Å². The van der Waals surface area contributed by atoms with Gasteiger partial charge in [-0.1, -0.05) is 36.4 Å². The van der Waals surface area contributed by atoms with E-state index in [9.17, 15) is 14.4 Å². The van der Waals surface area contributed by atoms with E-state index in [2.05, 4.69) is 4.52 Å². The van der Waals surface area contributed by atoms with Gasteiger partial charge in [0, 0.05) is 5.39 Å². The quantitative estimate of drug-likeness (QED) is 0.387. The molecule has 2 rings (SSSR count). The van der Waals surface area contributed by atoms with Gasteiger partial charge in [0.05, 0.1) is 0 Å². The van der Waals surface area contributed by atoms with Gasteiger partial charge in [0.1, 0.15) is 13.6 Å². The molecule has 0 atom stereocenters. The Morgan fingerprint density at radius 2 is 1.53 bits per heavy atom. The molecule has 0 aliphatic carbocycles. The van der Waals surface area contributed by atoms with Gasteiger partial charge in [-0.2, -0.15) is 0 Å². The van der Waals surface area contributed by atoms with Crippen molar-refractivity contribution in [3.05, 3.63) is 42.5 Å². The maximum atomic E-state index is 10.5. The summed E-state index contributed by atoms with van der Waals surface area (Å²) in [6, 6.07) is 12.0. The van der Waals surface area contributed by atoms with Gasteiger partial charge in [-0.15, -0.1) is 0 Å². The Balaban J connectivity index is 0.00000128. The van der Waals surface area contributed by atoms with Crippen molar-refractivity contribution in [1.29, 1.82) is 0 Å². The average Bonchev–Trinajstić information content (AvgIpc) is 2.16. The Labute approximate surface area is 123 Å². The van der Waals surface area contributed by atoms with Crippen molar-refractivity contribution >= 4 is 18.6 Å². The molecule has 0 amide bonds. The van der Waals surface area contributed by atoms with Crippen molar-refractivity contribution in [2.45, 2.75) is 0 Å². The molecule has 17 heavy (non-hydrogen) atoms. The first-order valence-electron chi connectivity index (χ1n) is 4.26. The minimum absolute atomic E-state index is 0. The monoisotopic (exact) mass is 236 g/mol. The molecule has 0 fully saturated rings. The third-order valence-corrected chi connectivity index (χ3v) is 2.38. The van der Waals surface area contributed by atoms with Crippen molar-refractivity contribution in [2.75, 3.05) is 0 Å². The second-order valence-corrected chi connectivity index (χ2v) is 4.09. The molecule has 0 saturated heterocycles. The molecule has 0 aliphatic heterocycles. The summed E-state index contributed by atoms with van der Waals surface area (Å²) >= 11 is 0. The summed E-state index contributed by atoms with van der Waals surface area (Å²) < 4.78 is 14.9. The summed E-state index contributed by atoms with van der Waals surface area (Å²) in [7, 11) is -4.99. The average molecular weight is 236 g/mol. The van der Waals surface area contributed by atoms with Crippen LogP contribution in [0.15, 0.2) is 42.5 Å². The van der Waals surface area contributed by atoms with Crippen LogP contribution in [-0.2, 0) is 4.57 Å². The molecule has 0 unspecified atom stereocenters. The molecular formula is C10H7Li2O4P. The summed E-state index contributed by atoms with van der Waals surface area (Å²) in [5.74, 6) is 0.0708. The molecule has 0 aliphatic rings. The number of hydrogen-bond acceptors (Lipinski definition) is 4. The van der Waals surface area contributed by atoms with Gasteiger partial charge in [-0.3, -0.25) is 0 Å². The summed E-state index contributed by atoms with van der Waals surface area (Å²) in [4.78, 5) is 21.0. The third-order valence-electron chi connectivity index (χ3n) is 1.96. The largest absolute Gasteiger partial charge is 1.00 e. The van der Waals surface area contributed by atoms with Crippen LogP contribution < -0.4 is 52.0 Å². The topological polar surface area (TPSA) is 72.4 Å². The number of phosphoric acid groups is 1. The maximum Gasteiger partial charge on any atom is 1.00 e. The molecule has 2 aromatic carbocycles. The third kappa shape index (κ3) is 4.55. The number of rotatable bonds is 2. The molecule has 0 bridgehead atoms. The minimum Gasteiger partial charge on any atom is -0.780 e. The Morgan fingerprint density at radius 3 is 2.18 bits per heavy atom. The van der Waals surface area contributed by atoms with Crippen molar-refractivity contribution in [3.63, 3.8) is 0 Å². The van der Waals surface area contributed by atoms with Crippen LogP contribution in [0, 0.1) is 0 Å². The number of benzene rings is 2. The van der Waals surface area contributed by atoms with E-state index in [1.807, 2.05) is 18.2 Å². The molecule has 0 radical (unpaired) electrons. The van der Waals surface area contributed by atoms with Crippen LogP contribution in [-0.4, -0.2) is 0 Å². The summed E-state index contributed by atoms with van der Waals surface area (Å²) in [6.45, 7) is 0. The zero-order valence-electron chi connectivity index (χ0n) is 9.62. The van der Waals surface area contributed by atoms with E-state index in [1.54, 1.807) is 18.2 Å². The Morgan fingerprint density at radius 1 is 0.941 bits per heavy atom. The van der Waals surface area contributed by atoms with Crippen molar-refractivity contribution in [3.8, 4) is 5.75 Å². The fourth-order valence-electron chi connectivity index (χ4n) is 1.40. The van der Waals surface area contributed by atoms with E-state index in [4.69, 9.17) is 0 Å². The summed E-state index contributed by atoms with van der Waals surface area (Å²) in [6.07, 6.45) is 0. The smallest absolute Gasteiger partial charge is 0.780 e. The van der Waals surface area contributed by atoms with Crippen molar-refractivity contribution in [2.24, 2.45) is 0 Å². The molecule has 0 aromatic heterocycles. The van der Waals surface area contributed by atoms with Crippen molar-refractivity contribution < 1.29 is 56.6 Å². The summed E-state index contributed by atoms with van der Waals surface area (Å²) in [5, 5.41) is 1.43. The van der Waals surface area contributed by atoms with Gasteiger partial charge in [0.25, 0.3) is 0 Å². The first-order valence-corrected chi connectivity index (χ1v) is 5.72. The van der Waals surface area contributed by atoms with Crippen LogP contribution in [0.5, 0.6) is 5.75 Å². The molecule has 2 aromatic rings. The van der Waals surface area contributed by atoms with Crippen LogP contribution in [0.2, 0.25) is 0 Å². The van der Waals surface area contributed by atoms with Crippen LogP contribution in [0.25, 0.3) is 10.8 Å². The predicted molar refractivity (Wildman–Crippen MR) is 52.2 cm³/mol.